The fraction of sp³-hybridized carbons (Fsp3) is 0.0882. The van der Waals surface area contributed by atoms with E-state index < -0.39 is 29.6 Å². The monoisotopic (exact) mass is 647 g/mol. The van der Waals surface area contributed by atoms with Crippen molar-refractivity contribution in [2.45, 2.75) is 12.5 Å². The van der Waals surface area contributed by atoms with Gasteiger partial charge < -0.3 is 15.3 Å². The number of halogens is 2. The van der Waals surface area contributed by atoms with E-state index in [4.69, 9.17) is 11.6 Å². The Kier molecular flexibility index (Phi) is 7.62. The van der Waals surface area contributed by atoms with Crippen LogP contribution in [0.5, 0.6) is 0 Å². The molecule has 0 radical (unpaired) electrons. The van der Waals surface area contributed by atoms with Crippen molar-refractivity contribution in [3.05, 3.63) is 131 Å². The minimum atomic E-state index is -1.10. The molecule has 47 heavy (non-hydrogen) atoms. The van der Waals surface area contributed by atoms with Crippen LogP contribution in [0.4, 0.5) is 10.1 Å². The maximum atomic E-state index is 14.7. The van der Waals surface area contributed by atoms with E-state index in [-0.39, 0.29) is 28.5 Å². The van der Waals surface area contributed by atoms with Gasteiger partial charge in [0.1, 0.15) is 11.7 Å². The average molecular weight is 648 g/mol. The molecule has 4 aromatic carbocycles. The number of hydrogen-bond acceptors (Lipinski definition) is 7. The van der Waals surface area contributed by atoms with Gasteiger partial charge in [-0.25, -0.2) is 13.9 Å². The standard InChI is InChI=1S/C34H23ClFN7O4/c35-25-5-2-6-29(30(25)36)43-18-28(40-41-43)33(45)42-16-13-23-22(20-9-12-26-27(17-20)38-15-14-37-26)3-1-4-24(23)31(42)32(44)39-21-10-7-19(8-11-21)34(46)47/h1-12,14-15,17-18,31H,13,16H2,(H,39,44)(H,46,47). The number of aromatic carboxylic acids is 1. The summed E-state index contributed by atoms with van der Waals surface area (Å²) in [5, 5.41) is 20.0. The molecule has 0 bridgehead atoms. The van der Waals surface area contributed by atoms with Crippen LogP contribution in [0.2, 0.25) is 5.02 Å². The summed E-state index contributed by atoms with van der Waals surface area (Å²) >= 11 is 5.94. The zero-order valence-corrected chi connectivity index (χ0v) is 25.1. The number of carbonyl (C=O) groups excluding carboxylic acids is 2. The fourth-order valence-electron chi connectivity index (χ4n) is 5.77. The van der Waals surface area contributed by atoms with Crippen LogP contribution >= 0.6 is 11.6 Å². The molecule has 1 atom stereocenters. The molecule has 7 rings (SSSR count). The van der Waals surface area contributed by atoms with Crippen molar-refractivity contribution < 1.29 is 23.9 Å². The topological polar surface area (TPSA) is 143 Å². The van der Waals surface area contributed by atoms with Gasteiger partial charge in [-0.05, 0) is 77.2 Å². The van der Waals surface area contributed by atoms with Crippen molar-refractivity contribution in [3.63, 3.8) is 0 Å². The number of rotatable bonds is 6. The Morgan fingerprint density at radius 3 is 2.49 bits per heavy atom. The smallest absolute Gasteiger partial charge is 0.335 e. The molecule has 6 aromatic rings. The summed E-state index contributed by atoms with van der Waals surface area (Å²) in [4.78, 5) is 49.6. The molecule has 3 heterocycles. The highest BCUT2D eigenvalue weighted by Crippen LogP contribution is 2.38. The molecule has 0 saturated heterocycles. The minimum Gasteiger partial charge on any atom is -0.478 e. The molecule has 2 aromatic heterocycles. The Morgan fingerprint density at radius 2 is 1.70 bits per heavy atom. The van der Waals surface area contributed by atoms with E-state index in [0.717, 1.165) is 26.9 Å². The summed E-state index contributed by atoms with van der Waals surface area (Å²) in [6.45, 7) is 0.157. The first-order chi connectivity index (χ1) is 22.8. The molecule has 1 unspecified atom stereocenters. The van der Waals surface area contributed by atoms with Crippen molar-refractivity contribution in [2.75, 3.05) is 11.9 Å². The quantitative estimate of drug-likeness (QED) is 0.233. The molecular formula is C34H23ClFN7O4. The molecule has 232 valence electrons. The highest BCUT2D eigenvalue weighted by Gasteiger charge is 2.38. The van der Waals surface area contributed by atoms with Gasteiger partial charge in [0.2, 0.25) is 0 Å². The Bertz CT molecular complexity index is 2210. The number of anilines is 1. The number of hydrogen-bond donors (Lipinski definition) is 2. The van der Waals surface area contributed by atoms with E-state index in [1.165, 1.54) is 47.5 Å². The SMILES string of the molecule is O=C(O)c1ccc(NC(=O)C2c3cccc(-c4ccc5nccnc5c4)c3CCN2C(=O)c2cn(-c3cccc(Cl)c3F)nn2)cc1. The second kappa shape index (κ2) is 12.1. The molecule has 11 nitrogen and oxygen atoms in total. The third-order valence-electron chi connectivity index (χ3n) is 8.00. The molecule has 0 saturated carbocycles. The van der Waals surface area contributed by atoms with E-state index in [0.29, 0.717) is 23.2 Å². The third kappa shape index (κ3) is 5.55. The van der Waals surface area contributed by atoms with Gasteiger partial charge in [0.25, 0.3) is 11.8 Å². The summed E-state index contributed by atoms with van der Waals surface area (Å²) in [6, 6.07) is 20.4. The number of nitrogens with zero attached hydrogens (tertiary/aromatic N) is 6. The molecular weight excluding hydrogens is 625 g/mol. The van der Waals surface area contributed by atoms with E-state index in [1.54, 1.807) is 24.5 Å². The second-order valence-corrected chi connectivity index (χ2v) is 11.2. The molecule has 0 fully saturated rings. The zero-order valence-electron chi connectivity index (χ0n) is 24.3. The predicted molar refractivity (Wildman–Crippen MR) is 171 cm³/mol. The predicted octanol–water partition coefficient (Wildman–Crippen LogP) is 5.75. The van der Waals surface area contributed by atoms with Gasteiger partial charge in [-0.3, -0.25) is 19.6 Å². The van der Waals surface area contributed by atoms with E-state index in [2.05, 4.69) is 25.6 Å². The lowest BCUT2D eigenvalue weighted by atomic mass is 9.86. The molecule has 1 aliphatic heterocycles. The molecule has 0 aliphatic carbocycles. The number of carbonyl (C=O) groups is 3. The average Bonchev–Trinajstić information content (AvgIpc) is 3.58. The van der Waals surface area contributed by atoms with Crippen molar-refractivity contribution in [1.29, 1.82) is 0 Å². The lowest BCUT2D eigenvalue weighted by Gasteiger charge is -2.37. The van der Waals surface area contributed by atoms with Crippen molar-refractivity contribution >= 4 is 46.1 Å². The number of benzene rings is 4. The van der Waals surface area contributed by atoms with Crippen LogP contribution in [0.15, 0.2) is 97.5 Å². The largest absolute Gasteiger partial charge is 0.478 e. The van der Waals surface area contributed by atoms with Crippen LogP contribution < -0.4 is 5.32 Å². The number of nitrogens with one attached hydrogen (secondary N) is 1. The minimum absolute atomic E-state index is 0.0110. The van der Waals surface area contributed by atoms with Gasteiger partial charge in [-0.15, -0.1) is 5.10 Å². The highest BCUT2D eigenvalue weighted by molar-refractivity contribution is 6.30. The van der Waals surface area contributed by atoms with Crippen LogP contribution in [0, 0.1) is 5.82 Å². The lowest BCUT2D eigenvalue weighted by molar-refractivity contribution is -0.121. The van der Waals surface area contributed by atoms with Gasteiger partial charge in [0.05, 0.1) is 27.8 Å². The van der Waals surface area contributed by atoms with Gasteiger partial charge in [-0.1, -0.05) is 47.1 Å². The summed E-state index contributed by atoms with van der Waals surface area (Å²) in [5.74, 6) is -2.92. The van der Waals surface area contributed by atoms with Gasteiger partial charge in [0.15, 0.2) is 11.5 Å². The Morgan fingerprint density at radius 1 is 0.936 bits per heavy atom. The summed E-state index contributed by atoms with van der Waals surface area (Å²) < 4.78 is 15.8. The van der Waals surface area contributed by atoms with Crippen LogP contribution in [0.25, 0.3) is 27.8 Å². The third-order valence-corrected chi connectivity index (χ3v) is 8.29. The van der Waals surface area contributed by atoms with Gasteiger partial charge in [0, 0.05) is 24.6 Å². The normalized spacial score (nSPS) is 14.1. The van der Waals surface area contributed by atoms with Crippen LogP contribution in [-0.4, -0.2) is 59.3 Å². The first-order valence-electron chi connectivity index (χ1n) is 14.4. The van der Waals surface area contributed by atoms with Crippen LogP contribution in [0.3, 0.4) is 0 Å². The Labute approximate surface area is 271 Å². The van der Waals surface area contributed by atoms with E-state index in [1.807, 2.05) is 30.3 Å². The molecule has 2 N–H and O–H groups in total. The first-order valence-corrected chi connectivity index (χ1v) is 14.8. The first kappa shape index (κ1) is 29.7. The summed E-state index contributed by atoms with van der Waals surface area (Å²) in [7, 11) is 0. The summed E-state index contributed by atoms with van der Waals surface area (Å²) in [6.07, 6.45) is 4.96. The van der Waals surface area contributed by atoms with Gasteiger partial charge in [-0.2, -0.15) is 0 Å². The molecule has 0 spiro atoms. The number of carboxylic acid groups (broad SMARTS) is 1. The van der Waals surface area contributed by atoms with Crippen LogP contribution in [-0.2, 0) is 11.2 Å². The van der Waals surface area contributed by atoms with E-state index in [9.17, 15) is 23.9 Å². The number of aromatic nitrogens is 5. The fourth-order valence-corrected chi connectivity index (χ4v) is 5.94. The van der Waals surface area contributed by atoms with E-state index >= 15 is 0 Å². The maximum absolute atomic E-state index is 14.7. The van der Waals surface area contributed by atoms with Gasteiger partial charge >= 0.3 is 5.97 Å². The second-order valence-electron chi connectivity index (χ2n) is 10.8. The zero-order chi connectivity index (χ0) is 32.7. The van der Waals surface area contributed by atoms with Crippen molar-refractivity contribution in [3.8, 4) is 16.8 Å². The van der Waals surface area contributed by atoms with Crippen molar-refractivity contribution in [2.24, 2.45) is 0 Å². The molecule has 1 aliphatic rings. The Hall–Kier alpha value is -6.01. The Balaban J connectivity index is 1.28. The highest BCUT2D eigenvalue weighted by atomic mass is 35.5. The lowest BCUT2D eigenvalue weighted by Crippen LogP contribution is -2.45. The maximum Gasteiger partial charge on any atom is 0.335 e. The molecule has 2 amide bonds. The molecule has 13 heteroatoms. The number of fused-ring (bicyclic) bond motifs is 2. The number of carboxylic acids is 1. The summed E-state index contributed by atoms with van der Waals surface area (Å²) in [5.41, 5.74) is 5.04. The van der Waals surface area contributed by atoms with Crippen LogP contribution in [0.1, 0.15) is 38.0 Å². The number of amides is 2. The van der Waals surface area contributed by atoms with Crippen molar-refractivity contribution in [1.82, 2.24) is 29.9 Å².